The van der Waals surface area contributed by atoms with Crippen molar-refractivity contribution in [1.29, 1.82) is 0 Å². The van der Waals surface area contributed by atoms with Crippen molar-refractivity contribution in [2.45, 2.75) is 33.1 Å². The molecule has 0 radical (unpaired) electrons. The third-order valence-electron chi connectivity index (χ3n) is 7.22. The number of hydrogen-bond donors (Lipinski definition) is 2. The van der Waals surface area contributed by atoms with E-state index in [1.54, 1.807) is 10.7 Å². The van der Waals surface area contributed by atoms with Gasteiger partial charge in [0.2, 0.25) is 0 Å². The number of oxime groups is 1. The van der Waals surface area contributed by atoms with Crippen LogP contribution in [0.15, 0.2) is 71.9 Å². The van der Waals surface area contributed by atoms with Crippen molar-refractivity contribution in [2.75, 3.05) is 44.8 Å². The van der Waals surface area contributed by atoms with E-state index in [0.29, 0.717) is 23.7 Å². The number of carbonyl (C=O) groups is 1. The molecule has 0 bridgehead atoms. The summed E-state index contributed by atoms with van der Waals surface area (Å²) in [5.41, 5.74) is 2.91. The van der Waals surface area contributed by atoms with E-state index < -0.39 is 5.91 Å². The number of amides is 1. The van der Waals surface area contributed by atoms with Crippen LogP contribution in [0.5, 0.6) is 5.75 Å². The van der Waals surface area contributed by atoms with E-state index in [-0.39, 0.29) is 11.1 Å². The maximum absolute atomic E-state index is 13.6. The van der Waals surface area contributed by atoms with Crippen LogP contribution in [-0.4, -0.2) is 71.0 Å². The molecule has 214 valence electrons. The van der Waals surface area contributed by atoms with E-state index >= 15 is 0 Å². The number of ether oxygens (including phenoxy) is 2. The van der Waals surface area contributed by atoms with Crippen molar-refractivity contribution in [1.82, 2.24) is 14.7 Å². The van der Waals surface area contributed by atoms with Gasteiger partial charge in [0.15, 0.2) is 5.71 Å². The highest BCUT2D eigenvalue weighted by Gasteiger charge is 2.25. The lowest BCUT2D eigenvalue weighted by atomic mass is 9.92. The van der Waals surface area contributed by atoms with Crippen LogP contribution in [0.3, 0.4) is 0 Å². The number of benzene rings is 3. The highest BCUT2D eigenvalue weighted by atomic mass is 16.5. The largest absolute Gasteiger partial charge is 0.492 e. The average Bonchev–Trinajstić information content (AvgIpc) is 3.39. The first kappa shape index (κ1) is 28.3. The molecule has 0 aliphatic carbocycles. The number of aromatic nitrogens is 2. The van der Waals surface area contributed by atoms with Crippen molar-refractivity contribution in [2.24, 2.45) is 5.16 Å². The zero-order valence-electron chi connectivity index (χ0n) is 24.1. The number of aryl methyl sites for hydroxylation is 1. The molecular formula is C32H37N5O4. The predicted molar refractivity (Wildman–Crippen MR) is 161 cm³/mol. The lowest BCUT2D eigenvalue weighted by molar-refractivity contribution is -0.110. The summed E-state index contributed by atoms with van der Waals surface area (Å²) in [6.45, 7) is 12.8. The Balaban J connectivity index is 1.41. The van der Waals surface area contributed by atoms with Gasteiger partial charge in [0.1, 0.15) is 18.2 Å². The Bertz CT molecular complexity index is 1550. The van der Waals surface area contributed by atoms with Crippen molar-refractivity contribution in [3.8, 4) is 11.4 Å². The van der Waals surface area contributed by atoms with E-state index in [1.165, 1.54) is 0 Å². The van der Waals surface area contributed by atoms with Gasteiger partial charge in [-0.1, -0.05) is 67.9 Å². The zero-order valence-corrected chi connectivity index (χ0v) is 24.1. The van der Waals surface area contributed by atoms with Crippen LogP contribution in [0.4, 0.5) is 5.82 Å². The summed E-state index contributed by atoms with van der Waals surface area (Å²) < 4.78 is 13.3. The standard InChI is InChI=1S/C32H37N5O4/c1-22-9-11-23(12-10-22)37-29(21-28(34-37)32(2,3)4)33-31(38)30(35-39)26-13-14-27(25-8-6-5-7-24(25)26)41-20-17-36-15-18-40-19-16-36/h5-14,21,39H,15-20H2,1-4H3,(H,33,38)/b35-30-. The molecule has 1 saturated heterocycles. The predicted octanol–water partition coefficient (Wildman–Crippen LogP) is 5.16. The minimum atomic E-state index is -0.549. The Morgan fingerprint density at radius 1 is 1.05 bits per heavy atom. The van der Waals surface area contributed by atoms with Gasteiger partial charge < -0.3 is 20.0 Å². The normalized spacial score (nSPS) is 14.8. The first-order valence-electron chi connectivity index (χ1n) is 13.9. The molecule has 5 rings (SSSR count). The van der Waals surface area contributed by atoms with Gasteiger partial charge in [-0.25, -0.2) is 4.68 Å². The van der Waals surface area contributed by atoms with Gasteiger partial charge in [-0.2, -0.15) is 5.10 Å². The summed E-state index contributed by atoms with van der Waals surface area (Å²) in [5.74, 6) is 0.646. The summed E-state index contributed by atoms with van der Waals surface area (Å²) in [4.78, 5) is 15.9. The lowest BCUT2D eigenvalue weighted by Gasteiger charge is -2.26. The van der Waals surface area contributed by atoms with Gasteiger partial charge in [0, 0.05) is 42.1 Å². The molecule has 3 aromatic carbocycles. The van der Waals surface area contributed by atoms with Crippen molar-refractivity contribution in [3.63, 3.8) is 0 Å². The summed E-state index contributed by atoms with van der Waals surface area (Å²) in [6, 6.07) is 21.0. The number of rotatable bonds is 8. The second kappa shape index (κ2) is 12.1. The van der Waals surface area contributed by atoms with Crippen LogP contribution >= 0.6 is 0 Å². The van der Waals surface area contributed by atoms with Crippen LogP contribution in [-0.2, 0) is 14.9 Å². The van der Waals surface area contributed by atoms with E-state index in [0.717, 1.165) is 60.6 Å². The summed E-state index contributed by atoms with van der Waals surface area (Å²) in [6.07, 6.45) is 0. The fraction of sp³-hybridized carbons (Fsp3) is 0.344. The fourth-order valence-electron chi connectivity index (χ4n) is 4.83. The van der Waals surface area contributed by atoms with Gasteiger partial charge in [-0.15, -0.1) is 0 Å². The number of anilines is 1. The molecule has 2 heterocycles. The van der Waals surface area contributed by atoms with Gasteiger partial charge >= 0.3 is 0 Å². The molecule has 4 aromatic rings. The third-order valence-corrected chi connectivity index (χ3v) is 7.22. The number of nitrogens with one attached hydrogen (secondary N) is 1. The van der Waals surface area contributed by atoms with E-state index in [9.17, 15) is 10.0 Å². The van der Waals surface area contributed by atoms with Gasteiger partial charge in [0.25, 0.3) is 5.91 Å². The highest BCUT2D eigenvalue weighted by Crippen LogP contribution is 2.30. The van der Waals surface area contributed by atoms with E-state index in [4.69, 9.17) is 14.6 Å². The van der Waals surface area contributed by atoms with Crippen molar-refractivity contribution < 1.29 is 19.5 Å². The minimum Gasteiger partial charge on any atom is -0.492 e. The van der Waals surface area contributed by atoms with Gasteiger partial charge in [0.05, 0.1) is 24.6 Å². The molecule has 9 heteroatoms. The molecule has 1 aromatic heterocycles. The fourth-order valence-corrected chi connectivity index (χ4v) is 4.83. The quantitative estimate of drug-likeness (QED) is 0.177. The van der Waals surface area contributed by atoms with Crippen molar-refractivity contribution >= 4 is 28.2 Å². The molecule has 1 aliphatic heterocycles. The molecule has 0 atom stereocenters. The molecule has 1 amide bonds. The van der Waals surface area contributed by atoms with Crippen LogP contribution in [0.2, 0.25) is 0 Å². The maximum atomic E-state index is 13.6. The number of morpholine rings is 1. The smallest absolute Gasteiger partial charge is 0.279 e. The summed E-state index contributed by atoms with van der Waals surface area (Å²) in [7, 11) is 0. The number of hydrogen-bond acceptors (Lipinski definition) is 7. The van der Waals surface area contributed by atoms with Crippen LogP contribution in [0, 0.1) is 6.92 Å². The topological polar surface area (TPSA) is 101 Å². The summed E-state index contributed by atoms with van der Waals surface area (Å²) in [5, 5.41) is 22.8. The second-order valence-electron chi connectivity index (χ2n) is 11.3. The average molecular weight is 556 g/mol. The first-order chi connectivity index (χ1) is 19.7. The minimum absolute atomic E-state index is 0.102. The second-order valence-corrected chi connectivity index (χ2v) is 11.3. The van der Waals surface area contributed by atoms with Crippen LogP contribution in [0.1, 0.15) is 37.6 Å². The molecule has 41 heavy (non-hydrogen) atoms. The molecule has 1 fully saturated rings. The zero-order chi connectivity index (χ0) is 29.0. The molecule has 0 unspecified atom stereocenters. The third kappa shape index (κ3) is 6.42. The molecule has 9 nitrogen and oxygen atoms in total. The Labute approximate surface area is 240 Å². The summed E-state index contributed by atoms with van der Waals surface area (Å²) >= 11 is 0. The first-order valence-corrected chi connectivity index (χ1v) is 13.9. The highest BCUT2D eigenvalue weighted by molar-refractivity contribution is 6.50. The SMILES string of the molecule is Cc1ccc(-n2nc(C(C)(C)C)cc2NC(=O)/C(=N\O)c2ccc(OCCN3CCOCC3)c3ccccc23)cc1. The Morgan fingerprint density at radius 2 is 1.76 bits per heavy atom. The van der Waals surface area contributed by atoms with Gasteiger partial charge in [-0.05, 0) is 36.6 Å². The number of nitrogens with zero attached hydrogens (tertiary/aromatic N) is 4. The maximum Gasteiger partial charge on any atom is 0.279 e. The van der Waals surface area contributed by atoms with E-state index in [1.807, 2.05) is 67.6 Å². The Hall–Kier alpha value is -4.21. The molecule has 0 spiro atoms. The van der Waals surface area contributed by atoms with Gasteiger partial charge in [-0.3, -0.25) is 9.69 Å². The van der Waals surface area contributed by atoms with Crippen molar-refractivity contribution in [3.05, 3.63) is 83.6 Å². The van der Waals surface area contributed by atoms with Crippen LogP contribution < -0.4 is 10.1 Å². The number of carbonyl (C=O) groups excluding carboxylic acids is 1. The monoisotopic (exact) mass is 555 g/mol. The molecule has 0 saturated carbocycles. The molecular weight excluding hydrogens is 518 g/mol. The molecule has 2 N–H and O–H groups in total. The molecule has 1 aliphatic rings. The Kier molecular flexibility index (Phi) is 8.37. The lowest BCUT2D eigenvalue weighted by Crippen LogP contribution is -2.38. The Morgan fingerprint density at radius 3 is 2.44 bits per heavy atom. The van der Waals surface area contributed by atoms with Crippen LogP contribution in [0.25, 0.3) is 16.5 Å². The number of fused-ring (bicyclic) bond motifs is 1. The van der Waals surface area contributed by atoms with E-state index in [2.05, 4.69) is 36.1 Å².